The first-order chi connectivity index (χ1) is 4.97. The van der Waals surface area contributed by atoms with Crippen molar-refractivity contribution in [2.45, 2.75) is 0 Å². The fourth-order valence-corrected chi connectivity index (χ4v) is 1.02. The number of para-hydroxylation sites is 1. The molecule has 0 N–H and O–H groups in total. The van der Waals surface area contributed by atoms with E-state index in [1.165, 1.54) is 5.39 Å². The van der Waals surface area contributed by atoms with Crippen molar-refractivity contribution in [3.05, 3.63) is 42.6 Å². The second-order valence-electron chi connectivity index (χ2n) is 2.20. The zero-order valence-corrected chi connectivity index (χ0v) is 8.11. The normalized spacial score (nSPS) is 9.09. The predicted octanol–water partition coefficient (Wildman–Crippen LogP) is 2.23. The fourth-order valence-electron chi connectivity index (χ4n) is 1.02. The number of benzene rings is 1. The van der Waals surface area contributed by atoms with Crippen molar-refractivity contribution in [1.29, 1.82) is 0 Å². The minimum Gasteiger partial charge on any atom is -0.256 e. The maximum atomic E-state index is 4.18. The summed E-state index contributed by atoms with van der Waals surface area (Å²) in [6.45, 7) is 0. The third kappa shape index (κ3) is 1.95. The van der Waals surface area contributed by atoms with Crippen LogP contribution in [-0.4, -0.2) is 4.98 Å². The summed E-state index contributed by atoms with van der Waals surface area (Å²) in [7, 11) is 0. The molecule has 0 aliphatic carbocycles. The molecular weight excluding hydrogens is 279 g/mol. The van der Waals surface area contributed by atoms with Crippen LogP contribution in [0.15, 0.2) is 42.6 Å². The molecule has 1 heterocycles. The van der Waals surface area contributed by atoms with Crippen LogP contribution in [0.25, 0.3) is 10.9 Å². The molecule has 0 atom stereocenters. The Bertz CT molecular complexity index is 281. The molecule has 1 aromatic carbocycles. The maximum Gasteiger partial charge on any atom is 0.0701 e. The number of nitrogens with zero attached hydrogens (tertiary/aromatic N) is 1. The van der Waals surface area contributed by atoms with Gasteiger partial charge >= 0.3 is 0 Å². The van der Waals surface area contributed by atoms with Crippen LogP contribution in [0.5, 0.6) is 0 Å². The Morgan fingerprint density at radius 2 is 1.64 bits per heavy atom. The van der Waals surface area contributed by atoms with E-state index in [1.807, 2.05) is 30.5 Å². The van der Waals surface area contributed by atoms with Gasteiger partial charge in [-0.3, -0.25) is 4.98 Å². The summed E-state index contributed by atoms with van der Waals surface area (Å²) in [6, 6.07) is 12.1. The van der Waals surface area contributed by atoms with Crippen LogP contribution in [0, 0.1) is 39.9 Å². The van der Waals surface area contributed by atoms with Gasteiger partial charge in [-0.25, -0.2) is 0 Å². The van der Waals surface area contributed by atoms with Crippen LogP contribution in [0.2, 0.25) is 0 Å². The predicted molar refractivity (Wildman–Crippen MR) is 41.7 cm³/mol. The van der Waals surface area contributed by atoms with E-state index >= 15 is 0 Å². The van der Waals surface area contributed by atoms with E-state index in [0.717, 1.165) is 5.52 Å². The number of pyridine rings is 1. The maximum absolute atomic E-state index is 4.18. The number of hydrogen-bond acceptors (Lipinski definition) is 1. The first-order valence-corrected chi connectivity index (χ1v) is 3.26. The third-order valence-electron chi connectivity index (χ3n) is 1.51. The van der Waals surface area contributed by atoms with Gasteiger partial charge in [-0.05, 0) is 12.1 Å². The second-order valence-corrected chi connectivity index (χ2v) is 2.20. The van der Waals surface area contributed by atoms with Crippen LogP contribution < -0.4 is 0 Å². The summed E-state index contributed by atoms with van der Waals surface area (Å²) in [4.78, 5) is 4.18. The van der Waals surface area contributed by atoms with Crippen molar-refractivity contribution in [2.75, 3.05) is 0 Å². The number of fused-ring (bicyclic) bond motifs is 1. The largest absolute Gasteiger partial charge is 0.256 e. The van der Waals surface area contributed by atoms with Gasteiger partial charge in [0, 0.05) is 51.5 Å². The Morgan fingerprint density at radius 1 is 0.909 bits per heavy atom. The average molecular weight is 286 g/mol. The van der Waals surface area contributed by atoms with E-state index in [1.54, 1.807) is 0 Å². The van der Waals surface area contributed by atoms with Crippen molar-refractivity contribution in [1.82, 2.24) is 4.98 Å². The molecule has 0 fully saturated rings. The van der Waals surface area contributed by atoms with Gasteiger partial charge in [0.05, 0.1) is 5.52 Å². The Balaban J connectivity index is 0.000000605. The Hall–Kier alpha value is -0.0453. The minimum atomic E-state index is 0. The monoisotopic (exact) mass is 287 g/mol. The summed E-state index contributed by atoms with van der Waals surface area (Å²) in [5.41, 5.74) is 1.06. The molecule has 2 rings (SSSR count). The van der Waals surface area contributed by atoms with Gasteiger partial charge in [0.25, 0.3) is 0 Å². The zero-order chi connectivity index (χ0) is 6.81. The number of rotatable bonds is 0. The van der Waals surface area contributed by atoms with E-state index in [2.05, 4.69) is 17.1 Å². The van der Waals surface area contributed by atoms with E-state index < -0.39 is 0 Å². The first kappa shape index (κ1) is 9.05. The Labute approximate surface area is 97.5 Å². The average Bonchev–Trinajstić information content (AvgIpc) is 2.05. The zero-order valence-electron chi connectivity index (χ0n) is 5.84. The minimum absolute atomic E-state index is 0. The van der Waals surface area contributed by atoms with E-state index in [0.29, 0.717) is 0 Å². The van der Waals surface area contributed by atoms with Crippen LogP contribution in [0.1, 0.15) is 0 Å². The molecule has 56 valence electrons. The fraction of sp³-hybridized carbons (Fsp3) is 0. The summed E-state index contributed by atoms with van der Waals surface area (Å²) < 4.78 is 0. The van der Waals surface area contributed by atoms with Crippen LogP contribution in [-0.2, 0) is 0 Å². The van der Waals surface area contributed by atoms with Gasteiger partial charge in [0.15, 0.2) is 0 Å². The molecule has 11 heavy (non-hydrogen) atoms. The molecule has 0 saturated heterocycles. The molecule has 1 aromatic heterocycles. The van der Waals surface area contributed by atoms with Gasteiger partial charge in [-0.1, -0.05) is 24.3 Å². The van der Waals surface area contributed by atoms with Gasteiger partial charge in [0.2, 0.25) is 0 Å². The summed E-state index contributed by atoms with van der Waals surface area (Å²) in [5.74, 6) is 0. The molecular formula is C9H7GdN. The quantitative estimate of drug-likeness (QED) is 0.724. The molecule has 0 aliphatic rings. The third-order valence-corrected chi connectivity index (χ3v) is 1.51. The molecule has 1 nitrogen and oxygen atoms in total. The SMILES string of the molecule is [Gd].c1ccc2ncccc2c1. The van der Waals surface area contributed by atoms with Gasteiger partial charge < -0.3 is 0 Å². The van der Waals surface area contributed by atoms with Crippen LogP contribution >= 0.6 is 0 Å². The van der Waals surface area contributed by atoms with Crippen molar-refractivity contribution < 1.29 is 39.9 Å². The van der Waals surface area contributed by atoms with E-state index in [9.17, 15) is 0 Å². The molecule has 0 spiro atoms. The Morgan fingerprint density at radius 3 is 2.45 bits per heavy atom. The van der Waals surface area contributed by atoms with Crippen molar-refractivity contribution >= 4 is 10.9 Å². The Kier molecular flexibility index (Phi) is 3.37. The summed E-state index contributed by atoms with van der Waals surface area (Å²) in [6.07, 6.45) is 1.81. The second kappa shape index (κ2) is 4.10. The molecule has 0 saturated carbocycles. The topological polar surface area (TPSA) is 12.9 Å². The van der Waals surface area contributed by atoms with E-state index in [4.69, 9.17) is 0 Å². The smallest absolute Gasteiger partial charge is 0.0701 e. The molecule has 0 aliphatic heterocycles. The van der Waals surface area contributed by atoms with E-state index in [-0.39, 0.29) is 39.9 Å². The number of hydrogen-bond donors (Lipinski definition) is 0. The first-order valence-electron chi connectivity index (χ1n) is 3.26. The van der Waals surface area contributed by atoms with Crippen LogP contribution in [0.4, 0.5) is 0 Å². The molecule has 2 heteroatoms. The molecule has 0 unspecified atom stereocenters. The van der Waals surface area contributed by atoms with Gasteiger partial charge in [-0.2, -0.15) is 0 Å². The number of aromatic nitrogens is 1. The van der Waals surface area contributed by atoms with Gasteiger partial charge in [0.1, 0.15) is 0 Å². The van der Waals surface area contributed by atoms with Crippen molar-refractivity contribution in [3.8, 4) is 0 Å². The van der Waals surface area contributed by atoms with Crippen molar-refractivity contribution in [2.24, 2.45) is 0 Å². The summed E-state index contributed by atoms with van der Waals surface area (Å²) >= 11 is 0. The van der Waals surface area contributed by atoms with Crippen LogP contribution in [0.3, 0.4) is 0 Å². The van der Waals surface area contributed by atoms with Gasteiger partial charge in [-0.15, -0.1) is 0 Å². The molecule has 2 aromatic rings. The summed E-state index contributed by atoms with van der Waals surface area (Å²) in [5, 5.41) is 1.20. The molecule has 0 amide bonds. The molecule has 0 bridgehead atoms. The standard InChI is InChI=1S/C9H7N.Gd/c1-2-6-9-8(4-1)5-3-7-10-9;/h1-7H;. The molecule has 0 radical (unpaired) electrons. The van der Waals surface area contributed by atoms with Crippen molar-refractivity contribution in [3.63, 3.8) is 0 Å².